The molecular formula is C22H18N2OS2. The summed E-state index contributed by atoms with van der Waals surface area (Å²) in [4.78, 5) is 3.96. The van der Waals surface area contributed by atoms with Crippen LogP contribution in [0.4, 0.5) is 0 Å². The Labute approximate surface area is 165 Å². The molecule has 0 aliphatic carbocycles. The van der Waals surface area contributed by atoms with Crippen LogP contribution >= 0.6 is 12.2 Å². The summed E-state index contributed by atoms with van der Waals surface area (Å²) < 4.78 is 15.8. The fourth-order valence-electron chi connectivity index (χ4n) is 2.99. The number of benzene rings is 3. The van der Waals surface area contributed by atoms with Crippen LogP contribution < -0.4 is 0 Å². The van der Waals surface area contributed by atoms with Crippen molar-refractivity contribution in [1.29, 1.82) is 0 Å². The van der Waals surface area contributed by atoms with E-state index in [0.29, 0.717) is 10.5 Å². The van der Waals surface area contributed by atoms with Crippen molar-refractivity contribution < 1.29 is 4.21 Å². The van der Waals surface area contributed by atoms with Gasteiger partial charge in [0.2, 0.25) is 0 Å². The smallest absolute Gasteiger partial charge is 0.182 e. The summed E-state index contributed by atoms with van der Waals surface area (Å²) in [5.41, 5.74) is 3.90. The zero-order valence-electron chi connectivity index (χ0n) is 14.5. The number of H-pyrrole nitrogens is 1. The van der Waals surface area contributed by atoms with E-state index in [-0.39, 0.29) is 0 Å². The summed E-state index contributed by atoms with van der Waals surface area (Å²) in [6, 6.07) is 27.6. The number of aromatic nitrogens is 2. The van der Waals surface area contributed by atoms with Crippen LogP contribution in [-0.2, 0) is 16.6 Å². The van der Waals surface area contributed by atoms with Gasteiger partial charge in [0, 0.05) is 6.20 Å². The van der Waals surface area contributed by atoms with Gasteiger partial charge in [0.25, 0.3) is 0 Å². The Bertz CT molecular complexity index is 1180. The first kappa shape index (κ1) is 17.6. The molecule has 0 radical (unpaired) electrons. The average Bonchev–Trinajstić information content (AvgIpc) is 3.02. The van der Waals surface area contributed by atoms with Crippen LogP contribution in [-0.4, -0.2) is 13.8 Å². The maximum atomic E-state index is 13.3. The van der Waals surface area contributed by atoms with Crippen LogP contribution in [0.15, 0.2) is 84.9 Å². The molecule has 3 aromatic carbocycles. The van der Waals surface area contributed by atoms with Crippen molar-refractivity contribution in [2.75, 3.05) is 0 Å². The molecule has 0 saturated carbocycles. The third-order valence-electron chi connectivity index (χ3n) is 4.31. The standard InChI is InChI=1S/C22H18N2OS2/c25-27(16-17-9-3-1-4-10-17)21(18-11-5-2-6-12-18)15-24-20-14-8-7-13-19(20)23-22(24)26/h1-15H,16H2,(H,23,26)/b21-15-/t27-/m1/s1. The molecule has 0 aliphatic rings. The molecule has 3 nitrogen and oxygen atoms in total. The first-order valence-corrected chi connectivity index (χ1v) is 10.3. The van der Waals surface area contributed by atoms with Gasteiger partial charge >= 0.3 is 0 Å². The van der Waals surface area contributed by atoms with E-state index in [1.165, 1.54) is 0 Å². The molecule has 1 aromatic heterocycles. The number of fused-ring (bicyclic) bond motifs is 1. The molecule has 134 valence electrons. The third kappa shape index (κ3) is 3.84. The minimum Gasteiger partial charge on any atom is -0.330 e. The Balaban J connectivity index is 1.83. The maximum Gasteiger partial charge on any atom is 0.182 e. The molecule has 0 bridgehead atoms. The molecule has 0 aliphatic heterocycles. The van der Waals surface area contributed by atoms with Gasteiger partial charge in [0.1, 0.15) is 0 Å². The summed E-state index contributed by atoms with van der Waals surface area (Å²) in [7, 11) is -1.22. The second-order valence-electron chi connectivity index (χ2n) is 6.15. The van der Waals surface area contributed by atoms with Crippen molar-refractivity contribution in [3.63, 3.8) is 0 Å². The Morgan fingerprint density at radius 3 is 2.30 bits per heavy atom. The van der Waals surface area contributed by atoms with Gasteiger partial charge in [-0.1, -0.05) is 72.8 Å². The van der Waals surface area contributed by atoms with Gasteiger partial charge in [0.05, 0.1) is 32.5 Å². The molecule has 0 spiro atoms. The maximum absolute atomic E-state index is 13.3. The lowest BCUT2D eigenvalue weighted by Gasteiger charge is -2.09. The molecule has 4 aromatic rings. The van der Waals surface area contributed by atoms with E-state index in [1.807, 2.05) is 95.7 Å². The lowest BCUT2D eigenvalue weighted by atomic mass is 10.2. The van der Waals surface area contributed by atoms with Gasteiger partial charge in [-0.25, -0.2) is 0 Å². The molecule has 1 heterocycles. The summed E-state index contributed by atoms with van der Waals surface area (Å²) in [6.45, 7) is 0. The number of aromatic amines is 1. The number of imidazole rings is 1. The zero-order chi connectivity index (χ0) is 18.6. The average molecular weight is 391 g/mol. The molecule has 0 unspecified atom stereocenters. The number of rotatable bonds is 5. The van der Waals surface area contributed by atoms with E-state index in [4.69, 9.17) is 12.2 Å². The monoisotopic (exact) mass is 390 g/mol. The molecule has 4 rings (SSSR count). The lowest BCUT2D eigenvalue weighted by molar-refractivity contribution is 0.688. The summed E-state index contributed by atoms with van der Waals surface area (Å²) in [5, 5.41) is 0. The Morgan fingerprint density at radius 1 is 0.926 bits per heavy atom. The fraction of sp³-hybridized carbons (Fsp3) is 0.0455. The number of hydrogen-bond donors (Lipinski definition) is 1. The van der Waals surface area contributed by atoms with Crippen LogP contribution in [0.1, 0.15) is 11.1 Å². The summed E-state index contributed by atoms with van der Waals surface area (Å²) in [5.74, 6) is 0.456. The van der Waals surface area contributed by atoms with Crippen LogP contribution in [0.2, 0.25) is 0 Å². The van der Waals surface area contributed by atoms with Gasteiger partial charge in [0.15, 0.2) is 4.77 Å². The van der Waals surface area contributed by atoms with Crippen LogP contribution in [0.3, 0.4) is 0 Å². The van der Waals surface area contributed by atoms with Crippen LogP contribution in [0.25, 0.3) is 22.1 Å². The topological polar surface area (TPSA) is 37.8 Å². The van der Waals surface area contributed by atoms with Gasteiger partial charge in [-0.05, 0) is 35.5 Å². The lowest BCUT2D eigenvalue weighted by Crippen LogP contribution is -2.01. The van der Waals surface area contributed by atoms with Crippen LogP contribution in [0.5, 0.6) is 0 Å². The minimum atomic E-state index is -1.22. The van der Waals surface area contributed by atoms with Crippen molar-refractivity contribution in [1.82, 2.24) is 9.55 Å². The van der Waals surface area contributed by atoms with Crippen molar-refractivity contribution in [3.8, 4) is 0 Å². The molecule has 0 saturated heterocycles. The third-order valence-corrected chi connectivity index (χ3v) is 6.04. The molecule has 0 amide bonds. The van der Waals surface area contributed by atoms with E-state index >= 15 is 0 Å². The van der Waals surface area contributed by atoms with E-state index in [1.54, 1.807) is 0 Å². The van der Waals surface area contributed by atoms with Gasteiger partial charge < -0.3 is 4.98 Å². The number of nitrogens with zero attached hydrogens (tertiary/aromatic N) is 1. The fourth-order valence-corrected chi connectivity index (χ4v) is 4.52. The van der Waals surface area contributed by atoms with Crippen molar-refractivity contribution in [3.05, 3.63) is 101 Å². The summed E-state index contributed by atoms with van der Waals surface area (Å²) >= 11 is 5.50. The van der Waals surface area contributed by atoms with E-state index in [0.717, 1.165) is 27.1 Å². The molecular weight excluding hydrogens is 372 g/mol. The van der Waals surface area contributed by atoms with Crippen molar-refractivity contribution in [2.24, 2.45) is 0 Å². The predicted molar refractivity (Wildman–Crippen MR) is 116 cm³/mol. The molecule has 1 atom stereocenters. The highest BCUT2D eigenvalue weighted by Gasteiger charge is 2.13. The van der Waals surface area contributed by atoms with Crippen LogP contribution in [0, 0.1) is 4.77 Å². The highest BCUT2D eigenvalue weighted by atomic mass is 32.2. The number of nitrogens with one attached hydrogen (secondary N) is 1. The first-order valence-electron chi connectivity index (χ1n) is 8.61. The van der Waals surface area contributed by atoms with Gasteiger partial charge in [-0.3, -0.25) is 8.78 Å². The first-order chi connectivity index (χ1) is 13.2. The SMILES string of the molecule is O=[S@](Cc1ccccc1)/C(=C\n1c(=S)[nH]c2ccccc21)c1ccccc1. The second kappa shape index (κ2) is 7.86. The van der Waals surface area contributed by atoms with Gasteiger partial charge in [-0.2, -0.15) is 0 Å². The van der Waals surface area contributed by atoms with E-state index < -0.39 is 10.8 Å². The largest absolute Gasteiger partial charge is 0.330 e. The Morgan fingerprint density at radius 2 is 1.56 bits per heavy atom. The molecule has 0 fully saturated rings. The number of para-hydroxylation sites is 2. The Kier molecular flexibility index (Phi) is 5.14. The second-order valence-corrected chi connectivity index (χ2v) is 7.96. The number of hydrogen-bond acceptors (Lipinski definition) is 2. The minimum absolute atomic E-state index is 0.456. The van der Waals surface area contributed by atoms with E-state index in [2.05, 4.69) is 4.98 Å². The predicted octanol–water partition coefficient (Wildman–Crippen LogP) is 5.60. The van der Waals surface area contributed by atoms with Gasteiger partial charge in [-0.15, -0.1) is 0 Å². The molecule has 5 heteroatoms. The normalized spacial score (nSPS) is 13.0. The van der Waals surface area contributed by atoms with Crippen molar-refractivity contribution in [2.45, 2.75) is 5.75 Å². The Hall–Kier alpha value is -2.76. The molecule has 1 N–H and O–H groups in total. The zero-order valence-corrected chi connectivity index (χ0v) is 16.2. The van der Waals surface area contributed by atoms with E-state index in [9.17, 15) is 4.21 Å². The highest BCUT2D eigenvalue weighted by molar-refractivity contribution is 7.94. The van der Waals surface area contributed by atoms with Crippen molar-refractivity contribution >= 4 is 45.2 Å². The highest BCUT2D eigenvalue weighted by Crippen LogP contribution is 2.24. The molecule has 27 heavy (non-hydrogen) atoms. The summed E-state index contributed by atoms with van der Waals surface area (Å²) in [6.07, 6.45) is 1.90. The quantitative estimate of drug-likeness (QED) is 0.450.